The summed E-state index contributed by atoms with van der Waals surface area (Å²) in [6.07, 6.45) is 2.57. The van der Waals surface area contributed by atoms with Crippen molar-refractivity contribution >= 4 is 26.6 Å². The van der Waals surface area contributed by atoms with Crippen molar-refractivity contribution in [2.75, 3.05) is 11.6 Å². The number of rotatable bonds is 4. The van der Waals surface area contributed by atoms with Crippen molar-refractivity contribution in [2.45, 2.75) is 18.4 Å². The van der Waals surface area contributed by atoms with Crippen LogP contribution in [0, 0.1) is 6.92 Å². The average Bonchev–Trinajstić information content (AvgIpc) is 2.89. The summed E-state index contributed by atoms with van der Waals surface area (Å²) < 4.78 is 28.2. The van der Waals surface area contributed by atoms with Crippen molar-refractivity contribution in [2.24, 2.45) is 0 Å². The monoisotopic (exact) mass is 319 g/mol. The molecule has 0 fully saturated rings. The number of aryl methyl sites for hydroxylation is 1. The predicted molar refractivity (Wildman–Crippen MR) is 79.0 cm³/mol. The molecule has 22 heavy (non-hydrogen) atoms. The first-order valence-corrected chi connectivity index (χ1v) is 8.30. The molecule has 0 bridgehead atoms. The van der Waals surface area contributed by atoms with E-state index in [2.05, 4.69) is 25.4 Å². The van der Waals surface area contributed by atoms with Crippen molar-refractivity contribution in [3.63, 3.8) is 0 Å². The highest BCUT2D eigenvalue weighted by molar-refractivity contribution is 7.90. The lowest BCUT2D eigenvalue weighted by Crippen LogP contribution is -2.05. The van der Waals surface area contributed by atoms with Gasteiger partial charge in [0.2, 0.25) is 5.89 Å². The van der Waals surface area contributed by atoms with E-state index in [0.29, 0.717) is 35.0 Å². The van der Waals surface area contributed by atoms with Crippen LogP contribution >= 0.6 is 0 Å². The summed E-state index contributed by atoms with van der Waals surface area (Å²) in [6.45, 7) is 2.02. The minimum Gasteiger partial charge on any atom is -0.362 e. The highest BCUT2D eigenvalue weighted by Gasteiger charge is 2.11. The number of anilines is 1. The molecule has 2 aromatic heterocycles. The molecule has 0 aliphatic carbocycles. The second-order valence-electron chi connectivity index (χ2n) is 4.76. The number of nitrogens with one attached hydrogen (secondary N) is 1. The van der Waals surface area contributed by atoms with Gasteiger partial charge in [-0.1, -0.05) is 5.16 Å². The Bertz CT molecular complexity index is 936. The summed E-state index contributed by atoms with van der Waals surface area (Å²) in [4.78, 5) is 12.6. The van der Waals surface area contributed by atoms with Crippen LogP contribution in [-0.4, -0.2) is 34.8 Å². The van der Waals surface area contributed by atoms with Gasteiger partial charge >= 0.3 is 0 Å². The molecule has 0 radical (unpaired) electrons. The third kappa shape index (κ3) is 2.89. The molecule has 8 nitrogen and oxygen atoms in total. The lowest BCUT2D eigenvalue weighted by Gasteiger charge is -2.07. The first-order chi connectivity index (χ1) is 10.4. The van der Waals surface area contributed by atoms with Crippen LogP contribution in [0.1, 0.15) is 11.7 Å². The number of aromatic nitrogens is 4. The molecule has 0 unspecified atom stereocenters. The van der Waals surface area contributed by atoms with E-state index in [1.54, 1.807) is 19.1 Å². The van der Waals surface area contributed by atoms with Crippen molar-refractivity contribution in [3.8, 4) is 0 Å². The smallest absolute Gasteiger partial charge is 0.223 e. The molecular weight excluding hydrogens is 306 g/mol. The number of hydrogen-bond donors (Lipinski definition) is 1. The summed E-state index contributed by atoms with van der Waals surface area (Å²) in [7, 11) is -3.30. The van der Waals surface area contributed by atoms with Gasteiger partial charge in [-0.2, -0.15) is 4.98 Å². The molecule has 0 aliphatic rings. The minimum absolute atomic E-state index is 0.216. The summed E-state index contributed by atoms with van der Waals surface area (Å²) in [5, 5.41) is 7.46. The van der Waals surface area contributed by atoms with Crippen LogP contribution in [0.3, 0.4) is 0 Å². The zero-order valence-corrected chi connectivity index (χ0v) is 12.8. The third-order valence-electron chi connectivity index (χ3n) is 3.02. The van der Waals surface area contributed by atoms with Gasteiger partial charge in [0.1, 0.15) is 12.1 Å². The fraction of sp³-hybridized carbons (Fsp3) is 0.231. The van der Waals surface area contributed by atoms with Gasteiger partial charge in [0.05, 0.1) is 17.0 Å². The molecule has 114 valence electrons. The molecule has 9 heteroatoms. The Morgan fingerprint density at radius 1 is 1.27 bits per heavy atom. The van der Waals surface area contributed by atoms with Gasteiger partial charge in [-0.25, -0.2) is 18.4 Å². The number of sulfone groups is 1. The van der Waals surface area contributed by atoms with Crippen LogP contribution in [0.5, 0.6) is 0 Å². The van der Waals surface area contributed by atoms with Gasteiger partial charge < -0.3 is 9.84 Å². The van der Waals surface area contributed by atoms with Crippen LogP contribution in [-0.2, 0) is 16.4 Å². The average molecular weight is 319 g/mol. The van der Waals surface area contributed by atoms with Crippen molar-refractivity contribution in [1.29, 1.82) is 0 Å². The van der Waals surface area contributed by atoms with Crippen molar-refractivity contribution < 1.29 is 12.9 Å². The molecule has 0 amide bonds. The maximum atomic E-state index is 11.7. The van der Waals surface area contributed by atoms with Crippen LogP contribution in [0.15, 0.2) is 33.9 Å². The molecule has 3 rings (SSSR count). The van der Waals surface area contributed by atoms with E-state index in [4.69, 9.17) is 4.52 Å². The second-order valence-corrected chi connectivity index (χ2v) is 6.77. The molecule has 1 aromatic carbocycles. The van der Waals surface area contributed by atoms with E-state index in [9.17, 15) is 8.42 Å². The lowest BCUT2D eigenvalue weighted by atomic mass is 10.2. The van der Waals surface area contributed by atoms with Gasteiger partial charge in [-0.05, 0) is 18.2 Å². The van der Waals surface area contributed by atoms with Crippen molar-refractivity contribution in [3.05, 3.63) is 36.2 Å². The first kappa shape index (κ1) is 14.4. The molecular formula is C13H13N5O3S. The van der Waals surface area contributed by atoms with E-state index in [1.807, 2.05) is 0 Å². The normalized spacial score (nSPS) is 11.7. The summed E-state index contributed by atoms with van der Waals surface area (Å²) in [5.41, 5.74) is 0.647. The summed E-state index contributed by atoms with van der Waals surface area (Å²) in [5.74, 6) is 1.48. The number of nitrogens with zero attached hydrogens (tertiary/aromatic N) is 4. The van der Waals surface area contributed by atoms with E-state index in [-0.39, 0.29) is 4.90 Å². The lowest BCUT2D eigenvalue weighted by molar-refractivity contribution is 0.388. The van der Waals surface area contributed by atoms with E-state index < -0.39 is 9.84 Å². The van der Waals surface area contributed by atoms with Crippen LogP contribution < -0.4 is 5.32 Å². The molecule has 2 heterocycles. The van der Waals surface area contributed by atoms with Gasteiger partial charge in [-0.15, -0.1) is 0 Å². The molecule has 0 aliphatic heterocycles. The molecule has 0 spiro atoms. The number of hydrogen-bond acceptors (Lipinski definition) is 8. The van der Waals surface area contributed by atoms with Gasteiger partial charge in [0.25, 0.3) is 0 Å². The molecule has 1 N–H and O–H groups in total. The Balaban J connectivity index is 1.97. The minimum atomic E-state index is -3.30. The van der Waals surface area contributed by atoms with Crippen LogP contribution in [0.2, 0.25) is 0 Å². The van der Waals surface area contributed by atoms with E-state index >= 15 is 0 Å². The third-order valence-corrected chi connectivity index (χ3v) is 4.13. The molecule has 0 saturated carbocycles. The quantitative estimate of drug-likeness (QED) is 0.767. The van der Waals surface area contributed by atoms with E-state index in [1.165, 1.54) is 12.4 Å². The zero-order valence-electron chi connectivity index (χ0n) is 11.9. The second kappa shape index (κ2) is 5.34. The largest absolute Gasteiger partial charge is 0.362 e. The predicted octanol–water partition coefficient (Wildman–Crippen LogP) is 1.34. The molecule has 3 aromatic rings. The van der Waals surface area contributed by atoms with Crippen molar-refractivity contribution in [1.82, 2.24) is 20.1 Å². The van der Waals surface area contributed by atoms with Gasteiger partial charge in [0.15, 0.2) is 15.7 Å². The Hall–Kier alpha value is -2.55. The zero-order chi connectivity index (χ0) is 15.7. The summed E-state index contributed by atoms with van der Waals surface area (Å²) >= 11 is 0. The Kier molecular flexibility index (Phi) is 3.49. The Morgan fingerprint density at radius 3 is 2.77 bits per heavy atom. The standard InChI is InChI=1S/C13H13N5O3S/c1-8-17-12(18-21-8)6-14-13-10-5-9(22(2,19)20)3-4-11(10)15-7-16-13/h3-5,7H,6H2,1-2H3,(H,14,15,16). The maximum absolute atomic E-state index is 11.7. The molecule has 0 atom stereocenters. The van der Waals surface area contributed by atoms with Crippen LogP contribution in [0.25, 0.3) is 10.9 Å². The Labute approximate surface area is 126 Å². The highest BCUT2D eigenvalue weighted by Crippen LogP contribution is 2.23. The SMILES string of the molecule is Cc1nc(CNc2ncnc3ccc(S(C)(=O)=O)cc23)no1. The number of benzene rings is 1. The Morgan fingerprint density at radius 2 is 2.09 bits per heavy atom. The van der Waals surface area contributed by atoms with Crippen LogP contribution in [0.4, 0.5) is 5.82 Å². The maximum Gasteiger partial charge on any atom is 0.223 e. The first-order valence-electron chi connectivity index (χ1n) is 6.41. The topological polar surface area (TPSA) is 111 Å². The fourth-order valence-corrected chi connectivity index (χ4v) is 2.63. The van der Waals surface area contributed by atoms with Gasteiger partial charge in [0, 0.05) is 18.6 Å². The summed E-state index contributed by atoms with van der Waals surface area (Å²) in [6, 6.07) is 4.72. The van der Waals surface area contributed by atoms with E-state index in [0.717, 1.165) is 6.26 Å². The number of fused-ring (bicyclic) bond motifs is 1. The fourth-order valence-electron chi connectivity index (χ4n) is 1.98. The molecule has 0 saturated heterocycles. The van der Waals surface area contributed by atoms with Gasteiger partial charge in [-0.3, -0.25) is 0 Å². The highest BCUT2D eigenvalue weighted by atomic mass is 32.2.